The molecular formula is C22H19FN4O2S. The van der Waals surface area contributed by atoms with Crippen molar-refractivity contribution >= 4 is 17.2 Å². The first-order valence-electron chi connectivity index (χ1n) is 9.22. The minimum Gasteiger partial charge on any atom is -0.495 e. The van der Waals surface area contributed by atoms with Gasteiger partial charge in [0.25, 0.3) is 0 Å². The fourth-order valence-corrected chi connectivity index (χ4v) is 3.84. The van der Waals surface area contributed by atoms with Gasteiger partial charge in [-0.15, -0.1) is 5.10 Å². The maximum Gasteiger partial charge on any atom is 0.139 e. The second-order valence-electron chi connectivity index (χ2n) is 6.58. The lowest BCUT2D eigenvalue weighted by atomic mass is 9.97. The van der Waals surface area contributed by atoms with Crippen LogP contribution in [0.25, 0.3) is 11.3 Å². The van der Waals surface area contributed by atoms with Crippen LogP contribution in [0.1, 0.15) is 22.6 Å². The van der Waals surface area contributed by atoms with Crippen molar-refractivity contribution in [3.05, 3.63) is 89.3 Å². The summed E-state index contributed by atoms with van der Waals surface area (Å²) in [5.74, 6) is 0.233. The monoisotopic (exact) mass is 422 g/mol. The lowest BCUT2D eigenvalue weighted by Gasteiger charge is -2.25. The first kappa shape index (κ1) is 19.9. The molecule has 0 spiro atoms. The van der Waals surface area contributed by atoms with Crippen molar-refractivity contribution < 1.29 is 14.2 Å². The summed E-state index contributed by atoms with van der Waals surface area (Å²) < 4.78 is 22.8. The molecule has 2 N–H and O–H groups in total. The Morgan fingerprint density at radius 3 is 2.57 bits per heavy atom. The highest BCUT2D eigenvalue weighted by molar-refractivity contribution is 7.06. The van der Waals surface area contributed by atoms with Gasteiger partial charge in [-0.05, 0) is 29.2 Å². The van der Waals surface area contributed by atoms with Gasteiger partial charge in [0.05, 0.1) is 36.1 Å². The molecule has 0 bridgehead atoms. The Balaban J connectivity index is 1.72. The molecule has 2 aromatic heterocycles. The van der Waals surface area contributed by atoms with Gasteiger partial charge >= 0.3 is 0 Å². The van der Waals surface area contributed by atoms with E-state index in [1.54, 1.807) is 37.7 Å². The maximum atomic E-state index is 13.5. The highest BCUT2D eigenvalue weighted by Crippen LogP contribution is 2.38. The predicted octanol–water partition coefficient (Wildman–Crippen LogP) is 4.63. The molecule has 0 aliphatic rings. The molecule has 4 aromatic rings. The van der Waals surface area contributed by atoms with Crippen LogP contribution in [-0.2, 0) is 0 Å². The third-order valence-corrected chi connectivity index (χ3v) is 5.44. The van der Waals surface area contributed by atoms with Gasteiger partial charge in [0.15, 0.2) is 0 Å². The summed E-state index contributed by atoms with van der Waals surface area (Å²) in [6, 6.07) is 16.7. The number of benzene rings is 2. The van der Waals surface area contributed by atoms with E-state index in [-0.39, 0.29) is 5.82 Å². The van der Waals surface area contributed by atoms with Gasteiger partial charge < -0.3 is 15.2 Å². The normalized spacial score (nSPS) is 12.9. The van der Waals surface area contributed by atoms with Crippen molar-refractivity contribution in [2.45, 2.75) is 12.1 Å². The minimum absolute atomic E-state index is 0.348. The molecule has 0 aliphatic heterocycles. The Kier molecular flexibility index (Phi) is 5.97. The number of ether oxygens (including phenoxy) is 1. The van der Waals surface area contributed by atoms with Gasteiger partial charge in [0.1, 0.15) is 23.4 Å². The van der Waals surface area contributed by atoms with E-state index in [1.807, 2.05) is 30.3 Å². The standard InChI is InChI=1S/C22H19FN4O2S/c1-29-18-11-17(12-24-13-18)25-19(15-7-9-16(23)10-8-15)21(28)22-20(26-27-30-22)14-5-3-2-4-6-14/h2-13,19,21,25,28H,1H3. The number of hydrogen-bond donors (Lipinski definition) is 2. The largest absolute Gasteiger partial charge is 0.495 e. The summed E-state index contributed by atoms with van der Waals surface area (Å²) in [6.07, 6.45) is 2.24. The van der Waals surface area contributed by atoms with Gasteiger partial charge in [-0.25, -0.2) is 4.39 Å². The molecule has 0 aliphatic carbocycles. The highest BCUT2D eigenvalue weighted by atomic mass is 32.1. The molecule has 8 heteroatoms. The zero-order valence-electron chi connectivity index (χ0n) is 16.1. The fourth-order valence-electron chi connectivity index (χ4n) is 3.14. The Labute approximate surface area is 177 Å². The number of pyridine rings is 1. The van der Waals surface area contributed by atoms with Gasteiger partial charge in [-0.3, -0.25) is 4.98 Å². The van der Waals surface area contributed by atoms with E-state index in [2.05, 4.69) is 19.9 Å². The van der Waals surface area contributed by atoms with E-state index in [0.717, 1.165) is 17.1 Å². The van der Waals surface area contributed by atoms with Gasteiger partial charge in [-0.2, -0.15) is 0 Å². The van der Waals surface area contributed by atoms with E-state index in [9.17, 15) is 9.50 Å². The lowest BCUT2D eigenvalue weighted by molar-refractivity contribution is 0.159. The Hall–Kier alpha value is -3.36. The van der Waals surface area contributed by atoms with E-state index in [0.29, 0.717) is 27.6 Å². The van der Waals surface area contributed by atoms with E-state index < -0.39 is 12.1 Å². The summed E-state index contributed by atoms with van der Waals surface area (Å²) in [6.45, 7) is 0. The summed E-state index contributed by atoms with van der Waals surface area (Å²) in [4.78, 5) is 4.76. The molecule has 0 saturated carbocycles. The summed E-state index contributed by atoms with van der Waals surface area (Å²) in [7, 11) is 1.56. The van der Waals surface area contributed by atoms with Gasteiger partial charge in [-0.1, -0.05) is 47.0 Å². The quantitative estimate of drug-likeness (QED) is 0.452. The van der Waals surface area contributed by atoms with Crippen LogP contribution in [0.5, 0.6) is 5.75 Å². The fraction of sp³-hybridized carbons (Fsp3) is 0.136. The van der Waals surface area contributed by atoms with Crippen molar-refractivity contribution in [2.75, 3.05) is 12.4 Å². The van der Waals surface area contributed by atoms with Crippen molar-refractivity contribution in [1.29, 1.82) is 0 Å². The van der Waals surface area contributed by atoms with Gasteiger partial charge in [0.2, 0.25) is 0 Å². The molecule has 0 amide bonds. The number of anilines is 1. The summed E-state index contributed by atoms with van der Waals surface area (Å²) in [5, 5.41) is 18.9. The van der Waals surface area contributed by atoms with Crippen molar-refractivity contribution in [3.8, 4) is 17.0 Å². The number of hydrogen-bond acceptors (Lipinski definition) is 7. The van der Waals surface area contributed by atoms with E-state index in [1.165, 1.54) is 12.1 Å². The van der Waals surface area contributed by atoms with Crippen LogP contribution in [0.3, 0.4) is 0 Å². The number of nitrogens with zero attached hydrogens (tertiary/aromatic N) is 3. The van der Waals surface area contributed by atoms with Crippen molar-refractivity contribution in [2.24, 2.45) is 0 Å². The molecule has 2 aromatic carbocycles. The molecule has 4 rings (SSSR count). The van der Waals surface area contributed by atoms with Crippen LogP contribution in [0.2, 0.25) is 0 Å². The molecule has 2 heterocycles. The van der Waals surface area contributed by atoms with Crippen LogP contribution in [0.15, 0.2) is 73.1 Å². The van der Waals surface area contributed by atoms with Crippen LogP contribution >= 0.6 is 11.5 Å². The number of nitrogens with one attached hydrogen (secondary N) is 1. The number of aliphatic hydroxyl groups excluding tert-OH is 1. The Bertz CT molecular complexity index is 1110. The van der Waals surface area contributed by atoms with Gasteiger partial charge in [0, 0.05) is 11.6 Å². The average Bonchev–Trinajstić information content (AvgIpc) is 3.28. The average molecular weight is 422 g/mol. The molecule has 6 nitrogen and oxygen atoms in total. The number of rotatable bonds is 7. The Morgan fingerprint density at radius 2 is 1.83 bits per heavy atom. The number of methoxy groups -OCH3 is 1. The predicted molar refractivity (Wildman–Crippen MR) is 114 cm³/mol. The number of aliphatic hydroxyl groups is 1. The smallest absolute Gasteiger partial charge is 0.139 e. The first-order chi connectivity index (χ1) is 14.7. The highest BCUT2D eigenvalue weighted by Gasteiger charge is 2.28. The molecule has 152 valence electrons. The molecule has 0 radical (unpaired) electrons. The molecule has 0 saturated heterocycles. The molecule has 2 unspecified atom stereocenters. The molecule has 30 heavy (non-hydrogen) atoms. The zero-order valence-corrected chi connectivity index (χ0v) is 16.9. The van der Waals surface area contributed by atoms with Crippen LogP contribution in [-0.4, -0.2) is 26.8 Å². The van der Waals surface area contributed by atoms with Crippen molar-refractivity contribution in [3.63, 3.8) is 0 Å². The number of halogens is 1. The number of aromatic nitrogens is 3. The van der Waals surface area contributed by atoms with Crippen LogP contribution in [0.4, 0.5) is 10.1 Å². The minimum atomic E-state index is -0.989. The summed E-state index contributed by atoms with van der Waals surface area (Å²) in [5.41, 5.74) is 2.84. The Morgan fingerprint density at radius 1 is 1.07 bits per heavy atom. The zero-order chi connectivity index (χ0) is 20.9. The second kappa shape index (κ2) is 8.98. The van der Waals surface area contributed by atoms with Crippen LogP contribution < -0.4 is 10.1 Å². The maximum absolute atomic E-state index is 13.5. The molecule has 2 atom stereocenters. The third-order valence-electron chi connectivity index (χ3n) is 4.65. The topological polar surface area (TPSA) is 80.2 Å². The second-order valence-corrected chi connectivity index (χ2v) is 7.37. The molecule has 0 fully saturated rings. The van der Waals surface area contributed by atoms with E-state index in [4.69, 9.17) is 4.74 Å². The SMILES string of the molecule is COc1cncc(NC(c2ccc(F)cc2)C(O)c2snnc2-c2ccccc2)c1. The summed E-state index contributed by atoms with van der Waals surface area (Å²) >= 11 is 1.13. The lowest BCUT2D eigenvalue weighted by Crippen LogP contribution is -2.19. The third kappa shape index (κ3) is 4.29. The molecular weight excluding hydrogens is 403 g/mol. The first-order valence-corrected chi connectivity index (χ1v) is 10.00. The van der Waals surface area contributed by atoms with Crippen molar-refractivity contribution in [1.82, 2.24) is 14.6 Å². The van der Waals surface area contributed by atoms with Crippen LogP contribution in [0, 0.1) is 5.82 Å². The van der Waals surface area contributed by atoms with E-state index >= 15 is 0 Å².